The van der Waals surface area contributed by atoms with Gasteiger partial charge in [0.15, 0.2) is 0 Å². The first-order valence-electron chi connectivity index (χ1n) is 7.79. The Morgan fingerprint density at radius 1 is 1.32 bits per heavy atom. The minimum absolute atomic E-state index is 0.00296. The van der Waals surface area contributed by atoms with E-state index in [1.54, 1.807) is 0 Å². The largest absolute Gasteiger partial charge is 0.393 e. The van der Waals surface area contributed by atoms with Gasteiger partial charge in [0, 0.05) is 6.04 Å². The summed E-state index contributed by atoms with van der Waals surface area (Å²) in [6.45, 7) is 6.46. The Bertz CT molecular complexity index is 311. The highest BCUT2D eigenvalue weighted by atomic mass is 16.3. The highest BCUT2D eigenvalue weighted by molar-refractivity contribution is 5.84. The molecule has 110 valence electrons. The Morgan fingerprint density at radius 3 is 2.47 bits per heavy atom. The van der Waals surface area contributed by atoms with E-state index in [9.17, 15) is 9.90 Å². The smallest absolute Gasteiger partial charge is 0.241 e. The van der Waals surface area contributed by atoms with Gasteiger partial charge in [-0.3, -0.25) is 10.1 Å². The third kappa shape index (κ3) is 3.29. The zero-order valence-corrected chi connectivity index (χ0v) is 12.4. The maximum Gasteiger partial charge on any atom is 0.241 e. The normalized spacial score (nSPS) is 36.3. The summed E-state index contributed by atoms with van der Waals surface area (Å²) in [4.78, 5) is 14.7. The summed E-state index contributed by atoms with van der Waals surface area (Å²) in [6, 6.07) is 0.322. The molecule has 1 saturated carbocycles. The van der Waals surface area contributed by atoms with Crippen molar-refractivity contribution in [2.45, 2.75) is 83.6 Å². The lowest BCUT2D eigenvalue weighted by Crippen LogP contribution is -2.46. The Hall–Kier alpha value is -0.610. The topological polar surface area (TPSA) is 52.6 Å². The quantitative estimate of drug-likeness (QED) is 0.818. The average molecular weight is 268 g/mol. The van der Waals surface area contributed by atoms with Gasteiger partial charge in [0.25, 0.3) is 0 Å². The van der Waals surface area contributed by atoms with Gasteiger partial charge >= 0.3 is 0 Å². The fourth-order valence-electron chi connectivity index (χ4n) is 3.44. The van der Waals surface area contributed by atoms with Crippen LogP contribution in [0.3, 0.4) is 0 Å². The highest BCUT2D eigenvalue weighted by Gasteiger charge is 2.42. The predicted molar refractivity (Wildman–Crippen MR) is 75.6 cm³/mol. The van der Waals surface area contributed by atoms with Crippen LogP contribution in [0.15, 0.2) is 0 Å². The van der Waals surface area contributed by atoms with Crippen molar-refractivity contribution in [2.75, 3.05) is 0 Å². The first kappa shape index (κ1) is 14.8. The highest BCUT2D eigenvalue weighted by Crippen LogP contribution is 2.29. The molecule has 1 saturated heterocycles. The summed E-state index contributed by atoms with van der Waals surface area (Å²) in [5.74, 6) is 0.814. The molecule has 0 aromatic rings. The van der Waals surface area contributed by atoms with E-state index in [-0.39, 0.29) is 24.2 Å². The van der Waals surface area contributed by atoms with Gasteiger partial charge in [0.2, 0.25) is 5.91 Å². The Balaban J connectivity index is 2.03. The zero-order valence-electron chi connectivity index (χ0n) is 12.4. The third-order valence-electron chi connectivity index (χ3n) is 4.44. The van der Waals surface area contributed by atoms with Crippen LogP contribution >= 0.6 is 0 Å². The lowest BCUT2D eigenvalue weighted by molar-refractivity contribution is -0.133. The predicted octanol–water partition coefficient (Wildman–Crippen LogP) is 1.87. The van der Waals surface area contributed by atoms with Crippen LogP contribution in [0.5, 0.6) is 0 Å². The summed E-state index contributed by atoms with van der Waals surface area (Å²) in [5.41, 5.74) is 0. The fourth-order valence-corrected chi connectivity index (χ4v) is 3.44. The Kier molecular flexibility index (Phi) is 4.85. The molecule has 0 spiro atoms. The molecule has 0 aromatic heterocycles. The SMILES string of the molecule is CCC1NC(CC(C)C)C(=O)N1C1CCC(O)CC1. The van der Waals surface area contributed by atoms with Crippen LogP contribution in [-0.4, -0.2) is 40.3 Å². The van der Waals surface area contributed by atoms with E-state index < -0.39 is 0 Å². The second-order valence-electron chi connectivity index (χ2n) is 6.48. The minimum Gasteiger partial charge on any atom is -0.393 e. The lowest BCUT2D eigenvalue weighted by Gasteiger charge is -2.36. The average Bonchev–Trinajstić information content (AvgIpc) is 2.67. The molecule has 2 atom stereocenters. The number of rotatable bonds is 4. The number of carbonyl (C=O) groups excluding carboxylic acids is 1. The number of carbonyl (C=O) groups is 1. The maximum atomic E-state index is 12.6. The van der Waals surface area contributed by atoms with Crippen molar-refractivity contribution in [3.05, 3.63) is 0 Å². The molecular weight excluding hydrogens is 240 g/mol. The Labute approximate surface area is 116 Å². The number of nitrogens with zero attached hydrogens (tertiary/aromatic N) is 1. The van der Waals surface area contributed by atoms with Crippen LogP contribution in [0.25, 0.3) is 0 Å². The van der Waals surface area contributed by atoms with E-state index in [1.807, 2.05) is 0 Å². The molecule has 19 heavy (non-hydrogen) atoms. The molecule has 1 heterocycles. The summed E-state index contributed by atoms with van der Waals surface area (Å²) in [6.07, 6.45) is 5.46. The van der Waals surface area contributed by atoms with Gasteiger partial charge in [0.05, 0.1) is 18.3 Å². The summed E-state index contributed by atoms with van der Waals surface area (Å²) < 4.78 is 0. The lowest BCUT2D eigenvalue weighted by atomic mass is 9.91. The molecule has 2 rings (SSSR count). The number of aliphatic hydroxyl groups is 1. The molecule has 4 heteroatoms. The first-order chi connectivity index (χ1) is 9.02. The molecule has 2 aliphatic rings. The summed E-state index contributed by atoms with van der Waals surface area (Å²) in [5, 5.41) is 13.1. The molecule has 1 aliphatic heterocycles. The molecule has 2 unspecified atom stereocenters. The summed E-state index contributed by atoms with van der Waals surface area (Å²) in [7, 11) is 0. The molecule has 2 fully saturated rings. The standard InChI is InChI=1S/C15H28N2O2/c1-4-14-16-13(9-10(2)3)15(19)17(14)11-5-7-12(18)8-6-11/h10-14,16,18H,4-9H2,1-3H3. The van der Waals surface area contributed by atoms with Crippen molar-refractivity contribution in [2.24, 2.45) is 5.92 Å². The van der Waals surface area contributed by atoms with E-state index in [0.717, 1.165) is 38.5 Å². The van der Waals surface area contributed by atoms with Crippen molar-refractivity contribution in [3.63, 3.8) is 0 Å². The molecule has 2 N–H and O–H groups in total. The van der Waals surface area contributed by atoms with Crippen molar-refractivity contribution >= 4 is 5.91 Å². The third-order valence-corrected chi connectivity index (χ3v) is 4.44. The van der Waals surface area contributed by atoms with Crippen LogP contribution in [0.2, 0.25) is 0 Å². The van der Waals surface area contributed by atoms with Crippen molar-refractivity contribution < 1.29 is 9.90 Å². The zero-order chi connectivity index (χ0) is 14.0. The van der Waals surface area contributed by atoms with Crippen LogP contribution in [0.4, 0.5) is 0 Å². The van der Waals surface area contributed by atoms with Gasteiger partial charge in [-0.15, -0.1) is 0 Å². The molecule has 1 amide bonds. The van der Waals surface area contributed by atoms with E-state index in [1.165, 1.54) is 0 Å². The first-order valence-corrected chi connectivity index (χ1v) is 7.79. The van der Waals surface area contributed by atoms with Crippen molar-refractivity contribution in [3.8, 4) is 0 Å². The van der Waals surface area contributed by atoms with E-state index in [0.29, 0.717) is 12.0 Å². The van der Waals surface area contributed by atoms with Gasteiger partial charge in [-0.2, -0.15) is 0 Å². The van der Waals surface area contributed by atoms with E-state index in [2.05, 4.69) is 31.0 Å². The molecule has 4 nitrogen and oxygen atoms in total. The maximum absolute atomic E-state index is 12.6. The second kappa shape index (κ2) is 6.23. The van der Waals surface area contributed by atoms with Crippen LogP contribution < -0.4 is 5.32 Å². The second-order valence-corrected chi connectivity index (χ2v) is 6.48. The number of amides is 1. The molecule has 0 aromatic carbocycles. The number of hydrogen-bond acceptors (Lipinski definition) is 3. The van der Waals surface area contributed by atoms with Gasteiger partial charge in [-0.25, -0.2) is 0 Å². The van der Waals surface area contributed by atoms with Crippen LogP contribution in [0, 0.1) is 5.92 Å². The van der Waals surface area contributed by atoms with E-state index >= 15 is 0 Å². The minimum atomic E-state index is -0.159. The van der Waals surface area contributed by atoms with Crippen molar-refractivity contribution in [1.29, 1.82) is 0 Å². The van der Waals surface area contributed by atoms with Crippen LogP contribution in [-0.2, 0) is 4.79 Å². The molecular formula is C15H28N2O2. The van der Waals surface area contributed by atoms with Gasteiger partial charge in [0.1, 0.15) is 0 Å². The summed E-state index contributed by atoms with van der Waals surface area (Å²) >= 11 is 0. The van der Waals surface area contributed by atoms with Crippen molar-refractivity contribution in [1.82, 2.24) is 10.2 Å². The molecule has 0 radical (unpaired) electrons. The van der Waals surface area contributed by atoms with Gasteiger partial charge in [-0.1, -0.05) is 20.8 Å². The van der Waals surface area contributed by atoms with E-state index in [4.69, 9.17) is 0 Å². The van der Waals surface area contributed by atoms with Gasteiger partial charge in [-0.05, 0) is 44.4 Å². The fraction of sp³-hybridized carbons (Fsp3) is 0.933. The number of nitrogens with one attached hydrogen (secondary N) is 1. The molecule has 0 bridgehead atoms. The Morgan fingerprint density at radius 2 is 1.95 bits per heavy atom. The monoisotopic (exact) mass is 268 g/mol. The number of aliphatic hydroxyl groups excluding tert-OH is 1. The molecule has 1 aliphatic carbocycles. The van der Waals surface area contributed by atoms with Gasteiger partial charge < -0.3 is 10.0 Å². The number of hydrogen-bond donors (Lipinski definition) is 2. The van der Waals surface area contributed by atoms with Crippen LogP contribution in [0.1, 0.15) is 59.3 Å².